The van der Waals surface area contributed by atoms with Crippen LogP contribution in [-0.2, 0) is 0 Å². The number of nitrogens with zero attached hydrogens (tertiary/aromatic N) is 3. The molecule has 0 bridgehead atoms. The van der Waals surface area contributed by atoms with E-state index in [2.05, 4.69) is 10.2 Å². The molecule has 0 radical (unpaired) electrons. The highest BCUT2D eigenvalue weighted by atomic mass is 127. The minimum Gasteiger partial charge on any atom is -0.412 e. The zero-order valence-corrected chi connectivity index (χ0v) is 10.0. The highest BCUT2D eigenvalue weighted by molar-refractivity contribution is 14.1. The molecular weight excluding hydrogens is 351 g/mol. The molecule has 1 aromatic carbocycles. The Morgan fingerprint density at radius 3 is 2.59 bits per heavy atom. The zero-order valence-electron chi connectivity index (χ0n) is 7.85. The average Bonchev–Trinajstić information content (AvgIpc) is 2.67. The summed E-state index contributed by atoms with van der Waals surface area (Å²) in [6.07, 6.45) is 0. The Morgan fingerprint density at radius 2 is 2.06 bits per heavy atom. The molecule has 0 aliphatic rings. The van der Waals surface area contributed by atoms with Crippen LogP contribution in [0.2, 0.25) is 0 Å². The van der Waals surface area contributed by atoms with Crippen molar-refractivity contribution in [2.75, 3.05) is 0 Å². The fourth-order valence-corrected chi connectivity index (χ4v) is 1.49. The van der Waals surface area contributed by atoms with Crippen molar-refractivity contribution in [2.24, 2.45) is 0 Å². The summed E-state index contributed by atoms with van der Waals surface area (Å²) < 4.78 is 31.7. The lowest BCUT2D eigenvalue weighted by Gasteiger charge is -1.99. The van der Waals surface area contributed by atoms with Crippen LogP contribution in [-0.4, -0.2) is 15.1 Å². The van der Waals surface area contributed by atoms with E-state index in [1.54, 1.807) is 22.6 Å². The second kappa shape index (κ2) is 4.31. The van der Waals surface area contributed by atoms with E-state index in [-0.39, 0.29) is 9.79 Å². The van der Waals surface area contributed by atoms with E-state index in [0.717, 1.165) is 6.07 Å². The van der Waals surface area contributed by atoms with Gasteiger partial charge in [-0.05, 0) is 6.07 Å². The van der Waals surface area contributed by atoms with Crippen LogP contribution in [0, 0.1) is 25.6 Å². The predicted octanol–water partition coefficient (Wildman–Crippen LogP) is 2.53. The second-order valence-electron chi connectivity index (χ2n) is 2.90. The number of aromatic nitrogens is 2. The van der Waals surface area contributed by atoms with Crippen LogP contribution in [0.1, 0.15) is 0 Å². The van der Waals surface area contributed by atoms with Crippen molar-refractivity contribution >= 4 is 28.3 Å². The van der Waals surface area contributed by atoms with Gasteiger partial charge in [-0.25, -0.2) is 4.39 Å². The minimum absolute atomic E-state index is 0.115. The smallest absolute Gasteiger partial charge is 0.308 e. The van der Waals surface area contributed by atoms with Crippen molar-refractivity contribution in [3.8, 4) is 11.5 Å². The molecule has 0 amide bonds. The molecule has 0 aliphatic carbocycles. The fourth-order valence-electron chi connectivity index (χ4n) is 1.18. The van der Waals surface area contributed by atoms with Gasteiger partial charge in [-0.2, -0.15) is 4.39 Å². The number of hydrogen-bond acceptors (Lipinski definition) is 5. The van der Waals surface area contributed by atoms with Gasteiger partial charge in [0.15, 0.2) is 0 Å². The van der Waals surface area contributed by atoms with Crippen LogP contribution in [0.25, 0.3) is 11.5 Å². The molecule has 9 heteroatoms. The third-order valence-electron chi connectivity index (χ3n) is 1.85. The topological polar surface area (TPSA) is 82.1 Å². The van der Waals surface area contributed by atoms with Gasteiger partial charge in [-0.1, -0.05) is 0 Å². The maximum Gasteiger partial charge on any atom is 0.308 e. The van der Waals surface area contributed by atoms with Crippen molar-refractivity contribution in [1.29, 1.82) is 0 Å². The minimum atomic E-state index is -1.21. The summed E-state index contributed by atoms with van der Waals surface area (Å²) in [5.41, 5.74) is -1.42. The molecule has 2 aromatic rings. The monoisotopic (exact) mass is 353 g/mol. The number of nitro groups is 1. The molecule has 88 valence electrons. The molecule has 0 saturated carbocycles. The van der Waals surface area contributed by atoms with Crippen molar-refractivity contribution in [3.05, 3.63) is 37.8 Å². The summed E-state index contributed by atoms with van der Waals surface area (Å²) in [4.78, 5) is 9.47. The van der Waals surface area contributed by atoms with E-state index in [4.69, 9.17) is 4.42 Å². The zero-order chi connectivity index (χ0) is 12.6. The van der Waals surface area contributed by atoms with Gasteiger partial charge in [-0.15, -0.1) is 10.2 Å². The Morgan fingerprint density at radius 1 is 1.35 bits per heavy atom. The van der Waals surface area contributed by atoms with Crippen molar-refractivity contribution < 1.29 is 18.1 Å². The van der Waals surface area contributed by atoms with E-state index in [1.807, 2.05) is 0 Å². The Kier molecular flexibility index (Phi) is 3.00. The number of nitro benzene ring substituents is 1. The lowest BCUT2D eigenvalue weighted by Crippen LogP contribution is -1.97. The van der Waals surface area contributed by atoms with Gasteiger partial charge in [0.1, 0.15) is 5.82 Å². The average molecular weight is 353 g/mol. The van der Waals surface area contributed by atoms with Crippen LogP contribution in [0.5, 0.6) is 0 Å². The van der Waals surface area contributed by atoms with Crippen LogP contribution < -0.4 is 0 Å². The molecule has 0 atom stereocenters. The molecule has 17 heavy (non-hydrogen) atoms. The molecule has 0 fully saturated rings. The maximum atomic E-state index is 13.7. The van der Waals surface area contributed by atoms with Crippen LogP contribution in [0.4, 0.5) is 14.5 Å². The van der Waals surface area contributed by atoms with Gasteiger partial charge < -0.3 is 4.42 Å². The fraction of sp³-hybridized carbons (Fsp3) is 0. The molecule has 2 rings (SSSR count). The van der Waals surface area contributed by atoms with E-state index < -0.39 is 27.8 Å². The molecule has 0 saturated heterocycles. The molecule has 1 heterocycles. The molecule has 0 unspecified atom stereocenters. The lowest BCUT2D eigenvalue weighted by atomic mass is 10.2. The standard InChI is InChI=1S/C8H2F2IN3O3/c9-3-1-4(7-12-13-8(11)17-7)6(10)5(2-3)14(15)16/h1-2H. The molecule has 0 aliphatic heterocycles. The quantitative estimate of drug-likeness (QED) is 0.471. The SMILES string of the molecule is O=[N+]([O-])c1cc(F)cc(-c2nnc(I)o2)c1F. The summed E-state index contributed by atoms with van der Waals surface area (Å²) in [6, 6.07) is 1.24. The molecule has 0 spiro atoms. The van der Waals surface area contributed by atoms with Crippen molar-refractivity contribution in [1.82, 2.24) is 10.2 Å². The van der Waals surface area contributed by atoms with Crippen molar-refractivity contribution in [3.63, 3.8) is 0 Å². The molecule has 6 nitrogen and oxygen atoms in total. The van der Waals surface area contributed by atoms with E-state index >= 15 is 0 Å². The maximum absolute atomic E-state index is 13.7. The third-order valence-corrected chi connectivity index (χ3v) is 2.28. The van der Waals surface area contributed by atoms with Gasteiger partial charge >= 0.3 is 5.69 Å². The van der Waals surface area contributed by atoms with Crippen LogP contribution in [0.15, 0.2) is 16.5 Å². The highest BCUT2D eigenvalue weighted by Crippen LogP contribution is 2.29. The lowest BCUT2D eigenvalue weighted by molar-refractivity contribution is -0.387. The predicted molar refractivity (Wildman–Crippen MR) is 59.0 cm³/mol. The van der Waals surface area contributed by atoms with Gasteiger partial charge in [0.2, 0.25) is 5.82 Å². The van der Waals surface area contributed by atoms with E-state index in [0.29, 0.717) is 6.07 Å². The van der Waals surface area contributed by atoms with E-state index in [1.165, 1.54) is 0 Å². The Labute approximate surface area is 106 Å². The first-order valence-corrected chi connectivity index (χ1v) is 5.19. The highest BCUT2D eigenvalue weighted by Gasteiger charge is 2.24. The van der Waals surface area contributed by atoms with Gasteiger partial charge in [0.25, 0.3) is 9.79 Å². The van der Waals surface area contributed by atoms with Gasteiger partial charge in [0.05, 0.1) is 16.6 Å². The largest absolute Gasteiger partial charge is 0.412 e. The summed E-state index contributed by atoms with van der Waals surface area (Å²) in [7, 11) is 0. The molecule has 1 aromatic heterocycles. The van der Waals surface area contributed by atoms with Crippen LogP contribution in [0.3, 0.4) is 0 Å². The third kappa shape index (κ3) is 2.23. The Hall–Kier alpha value is -1.65. The normalized spacial score (nSPS) is 10.5. The number of rotatable bonds is 2. The van der Waals surface area contributed by atoms with Gasteiger partial charge in [-0.3, -0.25) is 10.1 Å². The van der Waals surface area contributed by atoms with E-state index in [9.17, 15) is 18.9 Å². The number of hydrogen-bond donors (Lipinski definition) is 0. The van der Waals surface area contributed by atoms with Crippen LogP contribution >= 0.6 is 22.6 Å². The first kappa shape index (κ1) is 11.8. The first-order valence-electron chi connectivity index (χ1n) is 4.12. The van der Waals surface area contributed by atoms with Gasteiger partial charge in [0, 0.05) is 22.6 Å². The summed E-state index contributed by atoms with van der Waals surface area (Å²) >= 11 is 1.68. The number of benzene rings is 1. The Bertz CT molecular complexity index is 602. The Balaban J connectivity index is 2.66. The second-order valence-corrected chi connectivity index (χ2v) is 3.83. The summed E-state index contributed by atoms with van der Waals surface area (Å²) in [6.45, 7) is 0. The summed E-state index contributed by atoms with van der Waals surface area (Å²) in [5.74, 6) is -2.48. The molecular formula is C8H2F2IN3O3. The first-order chi connectivity index (χ1) is 7.99. The number of halogens is 3. The molecule has 0 N–H and O–H groups in total. The van der Waals surface area contributed by atoms with Crippen molar-refractivity contribution in [2.45, 2.75) is 0 Å². The summed E-state index contributed by atoms with van der Waals surface area (Å²) in [5, 5.41) is 17.4.